The average molecular weight is 379 g/mol. The van der Waals surface area contributed by atoms with Gasteiger partial charge in [-0.15, -0.1) is 0 Å². The number of benzene rings is 1. The van der Waals surface area contributed by atoms with Crippen molar-refractivity contribution in [1.82, 2.24) is 14.7 Å². The van der Waals surface area contributed by atoms with Crippen LogP contribution in [0.5, 0.6) is 0 Å². The lowest BCUT2D eigenvalue weighted by atomic mass is 10.2. The Morgan fingerprint density at radius 2 is 1.31 bits per heavy atom. The number of rotatable bonds is 1. The smallest absolute Gasteiger partial charge is 0.312 e. The van der Waals surface area contributed by atoms with Gasteiger partial charge >= 0.3 is 11.8 Å². The van der Waals surface area contributed by atoms with Crippen molar-refractivity contribution in [1.29, 1.82) is 0 Å². The quantitative estimate of drug-likeness (QED) is 0.674. The van der Waals surface area contributed by atoms with Crippen molar-refractivity contribution in [2.24, 2.45) is 0 Å². The monoisotopic (exact) mass is 378 g/mol. The molecule has 0 unspecified atom stereocenters. The van der Waals surface area contributed by atoms with E-state index in [0.29, 0.717) is 57.4 Å². The molecule has 1 aromatic carbocycles. The Labute approximate surface area is 158 Å². The molecule has 1 aromatic rings. The molecule has 0 bridgehead atoms. The molecule has 2 fully saturated rings. The van der Waals surface area contributed by atoms with Crippen molar-refractivity contribution in [2.45, 2.75) is 6.92 Å². The van der Waals surface area contributed by atoms with Gasteiger partial charge in [0.25, 0.3) is 0 Å². The van der Waals surface area contributed by atoms with Gasteiger partial charge in [-0.1, -0.05) is 17.7 Å². The molecule has 8 heteroatoms. The average Bonchev–Trinajstić information content (AvgIpc) is 2.67. The second kappa shape index (κ2) is 7.95. The summed E-state index contributed by atoms with van der Waals surface area (Å²) in [5.74, 6) is -0.919. The molecule has 0 aliphatic carbocycles. The molecule has 2 saturated heterocycles. The predicted molar refractivity (Wildman–Crippen MR) is 99.1 cm³/mol. The molecular formula is C18H23ClN4O3. The van der Waals surface area contributed by atoms with Crippen molar-refractivity contribution in [3.05, 3.63) is 29.3 Å². The van der Waals surface area contributed by atoms with Crippen LogP contribution in [-0.4, -0.2) is 84.8 Å². The van der Waals surface area contributed by atoms with Crippen LogP contribution in [-0.2, 0) is 14.4 Å². The highest BCUT2D eigenvalue weighted by atomic mass is 35.5. The van der Waals surface area contributed by atoms with E-state index in [0.717, 1.165) is 5.69 Å². The van der Waals surface area contributed by atoms with Gasteiger partial charge in [-0.05, 0) is 18.2 Å². The number of carbonyl (C=O) groups is 3. The molecule has 3 amide bonds. The summed E-state index contributed by atoms with van der Waals surface area (Å²) in [6, 6.07) is 7.62. The maximum atomic E-state index is 12.5. The zero-order valence-corrected chi connectivity index (χ0v) is 15.6. The lowest BCUT2D eigenvalue weighted by molar-refractivity contribution is -0.153. The topological polar surface area (TPSA) is 64.2 Å². The van der Waals surface area contributed by atoms with Gasteiger partial charge in [0.15, 0.2) is 0 Å². The van der Waals surface area contributed by atoms with Crippen LogP contribution in [0.3, 0.4) is 0 Å². The third-order valence-electron chi connectivity index (χ3n) is 4.94. The van der Waals surface area contributed by atoms with Crippen LogP contribution < -0.4 is 4.90 Å². The molecule has 7 nitrogen and oxygen atoms in total. The van der Waals surface area contributed by atoms with Crippen LogP contribution in [0.2, 0.25) is 5.02 Å². The lowest BCUT2D eigenvalue weighted by Crippen LogP contribution is -2.56. The van der Waals surface area contributed by atoms with Crippen LogP contribution in [0.1, 0.15) is 6.92 Å². The molecule has 2 aliphatic rings. The van der Waals surface area contributed by atoms with E-state index in [1.165, 1.54) is 6.92 Å². The highest BCUT2D eigenvalue weighted by molar-refractivity contribution is 6.35. The summed E-state index contributed by atoms with van der Waals surface area (Å²) in [5, 5.41) is 0.681. The van der Waals surface area contributed by atoms with Crippen molar-refractivity contribution in [3.63, 3.8) is 0 Å². The lowest BCUT2D eigenvalue weighted by Gasteiger charge is -2.38. The molecule has 140 valence electrons. The van der Waals surface area contributed by atoms with Crippen LogP contribution in [0.25, 0.3) is 0 Å². The van der Waals surface area contributed by atoms with Gasteiger partial charge in [-0.2, -0.15) is 0 Å². The van der Waals surface area contributed by atoms with Gasteiger partial charge in [0, 0.05) is 70.0 Å². The van der Waals surface area contributed by atoms with Crippen molar-refractivity contribution in [3.8, 4) is 0 Å². The Morgan fingerprint density at radius 1 is 0.808 bits per heavy atom. The molecule has 0 aromatic heterocycles. The normalized spacial score (nSPS) is 18.1. The third kappa shape index (κ3) is 4.09. The fourth-order valence-corrected chi connectivity index (χ4v) is 3.52. The van der Waals surface area contributed by atoms with Gasteiger partial charge in [0.1, 0.15) is 0 Å². The minimum Gasteiger partial charge on any atom is -0.368 e. The summed E-state index contributed by atoms with van der Waals surface area (Å²) in [6.07, 6.45) is 0. The number of hydrogen-bond acceptors (Lipinski definition) is 4. The standard InChI is InChI=1S/C18H23ClN4O3/c1-14(24)20-5-9-22(10-6-20)17(25)18(26)23-11-7-21(8-12-23)16-4-2-3-15(19)13-16/h2-4,13H,5-12H2,1H3. The van der Waals surface area contributed by atoms with Crippen molar-refractivity contribution >= 4 is 35.0 Å². The summed E-state index contributed by atoms with van der Waals surface area (Å²) in [5.41, 5.74) is 1.02. The first-order chi connectivity index (χ1) is 12.5. The summed E-state index contributed by atoms with van der Waals surface area (Å²) < 4.78 is 0. The number of amides is 3. The molecule has 2 heterocycles. The molecule has 0 saturated carbocycles. The SMILES string of the molecule is CC(=O)N1CCN(C(=O)C(=O)N2CCN(c3cccc(Cl)c3)CC2)CC1. The summed E-state index contributed by atoms with van der Waals surface area (Å²) in [7, 11) is 0. The number of halogens is 1. The summed E-state index contributed by atoms with van der Waals surface area (Å²) in [6.45, 7) is 5.64. The third-order valence-corrected chi connectivity index (χ3v) is 5.17. The van der Waals surface area contributed by atoms with Crippen LogP contribution in [0.4, 0.5) is 5.69 Å². The minimum absolute atomic E-state index is 0.000521. The first-order valence-corrected chi connectivity index (χ1v) is 9.17. The first kappa shape index (κ1) is 18.5. The fourth-order valence-electron chi connectivity index (χ4n) is 3.34. The summed E-state index contributed by atoms with van der Waals surface area (Å²) in [4.78, 5) is 43.4. The Hall–Kier alpha value is -2.28. The highest BCUT2D eigenvalue weighted by Crippen LogP contribution is 2.21. The molecule has 26 heavy (non-hydrogen) atoms. The number of hydrogen-bond donors (Lipinski definition) is 0. The zero-order valence-electron chi connectivity index (χ0n) is 14.9. The molecule has 0 atom stereocenters. The Balaban J connectivity index is 1.52. The van der Waals surface area contributed by atoms with E-state index in [9.17, 15) is 14.4 Å². The van der Waals surface area contributed by atoms with Crippen LogP contribution in [0.15, 0.2) is 24.3 Å². The second-order valence-electron chi connectivity index (χ2n) is 6.56. The molecular weight excluding hydrogens is 356 g/mol. The van der Waals surface area contributed by atoms with Gasteiger partial charge in [0.05, 0.1) is 0 Å². The number of carbonyl (C=O) groups excluding carboxylic acids is 3. The fraction of sp³-hybridized carbons (Fsp3) is 0.500. The molecule has 0 N–H and O–H groups in total. The Morgan fingerprint density at radius 3 is 1.81 bits per heavy atom. The number of piperazine rings is 2. The van der Waals surface area contributed by atoms with Crippen LogP contribution in [0, 0.1) is 0 Å². The van der Waals surface area contributed by atoms with Crippen molar-refractivity contribution in [2.75, 3.05) is 57.3 Å². The zero-order chi connectivity index (χ0) is 18.7. The minimum atomic E-state index is -0.468. The molecule has 2 aliphatic heterocycles. The Bertz CT molecular complexity index is 695. The van der Waals surface area contributed by atoms with E-state index in [1.54, 1.807) is 14.7 Å². The van der Waals surface area contributed by atoms with E-state index in [2.05, 4.69) is 4.90 Å². The van der Waals surface area contributed by atoms with E-state index in [1.807, 2.05) is 24.3 Å². The van der Waals surface area contributed by atoms with Crippen LogP contribution >= 0.6 is 11.6 Å². The second-order valence-corrected chi connectivity index (χ2v) is 6.99. The largest absolute Gasteiger partial charge is 0.368 e. The highest BCUT2D eigenvalue weighted by Gasteiger charge is 2.31. The molecule has 0 spiro atoms. The van der Waals surface area contributed by atoms with E-state index >= 15 is 0 Å². The van der Waals surface area contributed by atoms with Gasteiger partial charge in [0.2, 0.25) is 5.91 Å². The van der Waals surface area contributed by atoms with E-state index in [4.69, 9.17) is 11.6 Å². The maximum Gasteiger partial charge on any atom is 0.312 e. The predicted octanol–water partition coefficient (Wildman–Crippen LogP) is 0.679. The van der Waals surface area contributed by atoms with Gasteiger partial charge < -0.3 is 19.6 Å². The number of nitrogens with zero attached hydrogens (tertiary/aromatic N) is 4. The summed E-state index contributed by atoms with van der Waals surface area (Å²) >= 11 is 6.03. The maximum absolute atomic E-state index is 12.5. The molecule has 3 rings (SSSR count). The Kier molecular flexibility index (Phi) is 5.66. The first-order valence-electron chi connectivity index (χ1n) is 8.80. The van der Waals surface area contributed by atoms with Gasteiger partial charge in [-0.25, -0.2) is 0 Å². The van der Waals surface area contributed by atoms with Gasteiger partial charge in [-0.3, -0.25) is 14.4 Å². The number of anilines is 1. The molecule has 0 radical (unpaired) electrons. The van der Waals surface area contributed by atoms with Crippen molar-refractivity contribution < 1.29 is 14.4 Å². The van der Waals surface area contributed by atoms with E-state index < -0.39 is 11.8 Å². The van der Waals surface area contributed by atoms with E-state index in [-0.39, 0.29) is 5.91 Å².